The molecule has 3 rings (SSSR count). The highest BCUT2D eigenvalue weighted by molar-refractivity contribution is 6.31. The molecule has 0 heterocycles. The molecule has 0 radical (unpaired) electrons. The van der Waals surface area contributed by atoms with Crippen molar-refractivity contribution in [3.8, 4) is 0 Å². The van der Waals surface area contributed by atoms with E-state index in [1.54, 1.807) is 43.4 Å². The van der Waals surface area contributed by atoms with Gasteiger partial charge in [0, 0.05) is 41.5 Å². The monoisotopic (exact) mass is 389 g/mol. The molecule has 0 aliphatic heterocycles. The number of halogens is 2. The summed E-state index contributed by atoms with van der Waals surface area (Å²) >= 11 is 6.12. The van der Waals surface area contributed by atoms with Crippen LogP contribution in [-0.4, -0.2) is 36.3 Å². The molecule has 1 saturated carbocycles. The maximum atomic E-state index is 14.1. The van der Waals surface area contributed by atoms with Crippen LogP contribution in [0, 0.1) is 5.82 Å². The molecular weight excluding hydrogens is 369 g/mol. The summed E-state index contributed by atoms with van der Waals surface area (Å²) in [6, 6.07) is 11.6. The van der Waals surface area contributed by atoms with Gasteiger partial charge in [-0.05, 0) is 43.2 Å². The van der Waals surface area contributed by atoms with Gasteiger partial charge in [-0.15, -0.1) is 0 Å². The van der Waals surface area contributed by atoms with Gasteiger partial charge >= 0.3 is 0 Å². The third-order valence-corrected chi connectivity index (χ3v) is 4.82. The van der Waals surface area contributed by atoms with E-state index < -0.39 is 0 Å². The third-order valence-electron chi connectivity index (χ3n) is 4.47. The van der Waals surface area contributed by atoms with Crippen molar-refractivity contribution in [2.75, 3.05) is 18.9 Å². The first-order chi connectivity index (χ1) is 13.0. The van der Waals surface area contributed by atoms with E-state index in [0.717, 1.165) is 12.8 Å². The van der Waals surface area contributed by atoms with Gasteiger partial charge in [-0.25, -0.2) is 4.39 Å². The number of hydrogen-bond donors (Lipinski definition) is 2. The Morgan fingerprint density at radius 2 is 1.96 bits per heavy atom. The van der Waals surface area contributed by atoms with Gasteiger partial charge in [-0.2, -0.15) is 0 Å². The van der Waals surface area contributed by atoms with E-state index in [0.29, 0.717) is 21.8 Å². The molecule has 2 amide bonds. The fourth-order valence-corrected chi connectivity index (χ4v) is 3.13. The zero-order valence-electron chi connectivity index (χ0n) is 15.0. The number of hydrogen-bond acceptors (Lipinski definition) is 3. The van der Waals surface area contributed by atoms with E-state index in [9.17, 15) is 14.0 Å². The van der Waals surface area contributed by atoms with Gasteiger partial charge in [0.1, 0.15) is 5.82 Å². The van der Waals surface area contributed by atoms with Gasteiger partial charge in [0.25, 0.3) is 5.91 Å². The van der Waals surface area contributed by atoms with Gasteiger partial charge < -0.3 is 10.6 Å². The first-order valence-electron chi connectivity index (χ1n) is 8.77. The lowest BCUT2D eigenvalue weighted by Gasteiger charge is -2.22. The maximum absolute atomic E-state index is 14.1. The van der Waals surface area contributed by atoms with Crippen LogP contribution in [0.1, 0.15) is 28.8 Å². The second kappa shape index (κ2) is 8.50. The van der Waals surface area contributed by atoms with Gasteiger partial charge in [-0.1, -0.05) is 23.7 Å². The minimum Gasteiger partial charge on any atom is -0.355 e. The van der Waals surface area contributed by atoms with Crippen LogP contribution in [0.3, 0.4) is 0 Å². The van der Waals surface area contributed by atoms with Crippen molar-refractivity contribution >= 4 is 29.1 Å². The summed E-state index contributed by atoms with van der Waals surface area (Å²) in [6.07, 6.45) is 1.96. The lowest BCUT2D eigenvalue weighted by molar-refractivity contribution is -0.117. The molecule has 1 aliphatic carbocycles. The molecule has 142 valence electrons. The highest BCUT2D eigenvalue weighted by Gasteiger charge is 2.31. The number of benzene rings is 2. The summed E-state index contributed by atoms with van der Waals surface area (Å²) < 4.78 is 14.1. The van der Waals surface area contributed by atoms with Crippen molar-refractivity contribution in [2.45, 2.75) is 25.4 Å². The molecule has 7 heteroatoms. The zero-order valence-corrected chi connectivity index (χ0v) is 15.7. The van der Waals surface area contributed by atoms with E-state index in [1.165, 1.54) is 6.07 Å². The predicted octanol–water partition coefficient (Wildman–Crippen LogP) is 3.44. The zero-order chi connectivity index (χ0) is 19.4. The SMILES string of the molecule is CNC(=O)c1cccc(NC(=O)CN(Cc2c(F)cccc2Cl)C2CC2)c1. The molecule has 1 aliphatic rings. The Morgan fingerprint density at radius 3 is 2.63 bits per heavy atom. The molecule has 2 N–H and O–H groups in total. The van der Waals surface area contributed by atoms with Crippen molar-refractivity contribution in [3.63, 3.8) is 0 Å². The number of anilines is 1. The molecule has 2 aromatic carbocycles. The van der Waals surface area contributed by atoms with Gasteiger partial charge in [-0.3, -0.25) is 14.5 Å². The molecule has 0 aromatic heterocycles. The smallest absolute Gasteiger partial charge is 0.251 e. The van der Waals surface area contributed by atoms with E-state index in [4.69, 9.17) is 11.6 Å². The number of carbonyl (C=O) groups excluding carboxylic acids is 2. The van der Waals surface area contributed by atoms with Crippen LogP contribution in [0.2, 0.25) is 5.02 Å². The van der Waals surface area contributed by atoms with Crippen molar-refractivity contribution in [3.05, 3.63) is 64.4 Å². The van der Waals surface area contributed by atoms with Crippen LogP contribution in [0.4, 0.5) is 10.1 Å². The first-order valence-corrected chi connectivity index (χ1v) is 9.14. The summed E-state index contributed by atoms with van der Waals surface area (Å²) in [6.45, 7) is 0.404. The molecule has 0 bridgehead atoms. The van der Waals surface area contributed by atoms with Crippen LogP contribution in [0.15, 0.2) is 42.5 Å². The van der Waals surface area contributed by atoms with Crippen molar-refractivity contribution in [1.29, 1.82) is 0 Å². The molecule has 5 nitrogen and oxygen atoms in total. The van der Waals surface area contributed by atoms with E-state index in [2.05, 4.69) is 10.6 Å². The molecule has 0 saturated heterocycles. The Kier molecular flexibility index (Phi) is 6.08. The van der Waals surface area contributed by atoms with Gasteiger partial charge in [0.15, 0.2) is 0 Å². The Bertz CT molecular complexity index is 835. The average molecular weight is 390 g/mol. The Balaban J connectivity index is 1.67. The standard InChI is InChI=1S/C20H21ClFN3O2/c1-23-20(27)13-4-2-5-14(10-13)24-19(26)12-25(15-8-9-15)11-16-17(21)6-3-7-18(16)22/h2-7,10,15H,8-9,11-12H2,1H3,(H,23,27)(H,24,26). The summed E-state index contributed by atoms with van der Waals surface area (Å²) in [4.78, 5) is 26.1. The molecule has 27 heavy (non-hydrogen) atoms. The fourth-order valence-electron chi connectivity index (χ4n) is 2.91. The van der Waals surface area contributed by atoms with Crippen molar-refractivity contribution < 1.29 is 14.0 Å². The van der Waals surface area contributed by atoms with Crippen LogP contribution in [0.5, 0.6) is 0 Å². The van der Waals surface area contributed by atoms with Crippen LogP contribution < -0.4 is 10.6 Å². The second-order valence-electron chi connectivity index (χ2n) is 6.54. The first kappa shape index (κ1) is 19.3. The number of rotatable bonds is 7. The molecule has 1 fully saturated rings. The van der Waals surface area contributed by atoms with Crippen molar-refractivity contribution in [2.24, 2.45) is 0 Å². The lowest BCUT2D eigenvalue weighted by Crippen LogP contribution is -2.35. The number of amides is 2. The Hall–Kier alpha value is -2.44. The summed E-state index contributed by atoms with van der Waals surface area (Å²) in [5.41, 5.74) is 1.41. The lowest BCUT2D eigenvalue weighted by atomic mass is 10.2. The third kappa shape index (κ3) is 5.05. The van der Waals surface area contributed by atoms with Gasteiger partial charge in [0.05, 0.1) is 6.54 Å². The largest absolute Gasteiger partial charge is 0.355 e. The molecule has 2 aromatic rings. The number of nitrogens with one attached hydrogen (secondary N) is 2. The summed E-state index contributed by atoms with van der Waals surface area (Å²) in [5.74, 6) is -0.810. The maximum Gasteiger partial charge on any atom is 0.251 e. The van der Waals surface area contributed by atoms with Crippen LogP contribution in [0.25, 0.3) is 0 Å². The highest BCUT2D eigenvalue weighted by atomic mass is 35.5. The molecule has 0 unspecified atom stereocenters. The highest BCUT2D eigenvalue weighted by Crippen LogP contribution is 2.30. The van der Waals surface area contributed by atoms with E-state index in [-0.39, 0.29) is 36.8 Å². The number of nitrogens with zero attached hydrogens (tertiary/aromatic N) is 1. The van der Waals surface area contributed by atoms with Gasteiger partial charge in [0.2, 0.25) is 5.91 Å². The van der Waals surface area contributed by atoms with E-state index in [1.807, 2.05) is 4.90 Å². The fraction of sp³-hybridized carbons (Fsp3) is 0.300. The van der Waals surface area contributed by atoms with Crippen LogP contribution in [-0.2, 0) is 11.3 Å². The normalized spacial score (nSPS) is 13.5. The second-order valence-corrected chi connectivity index (χ2v) is 6.95. The minimum atomic E-state index is -0.369. The van der Waals surface area contributed by atoms with E-state index >= 15 is 0 Å². The minimum absolute atomic E-state index is 0.125. The predicted molar refractivity (Wildman–Crippen MR) is 103 cm³/mol. The van der Waals surface area contributed by atoms with Crippen molar-refractivity contribution in [1.82, 2.24) is 10.2 Å². The number of carbonyl (C=O) groups is 2. The summed E-state index contributed by atoms with van der Waals surface area (Å²) in [5, 5.41) is 5.71. The average Bonchev–Trinajstić information content (AvgIpc) is 3.48. The quantitative estimate of drug-likeness (QED) is 0.762. The molecule has 0 spiro atoms. The molecular formula is C20H21ClFN3O2. The molecule has 0 atom stereocenters. The van der Waals surface area contributed by atoms with Crippen LogP contribution >= 0.6 is 11.6 Å². The summed E-state index contributed by atoms with van der Waals surface area (Å²) in [7, 11) is 1.55. The Morgan fingerprint density at radius 1 is 1.22 bits per heavy atom. The Labute approximate surface area is 162 Å². The topological polar surface area (TPSA) is 61.4 Å².